The Balaban J connectivity index is 4.59. The summed E-state index contributed by atoms with van der Waals surface area (Å²) in [6.45, 7) is 5.61. The van der Waals surface area contributed by atoms with Crippen molar-refractivity contribution in [3.8, 4) is 0 Å². The Labute approximate surface area is 230 Å². The lowest BCUT2D eigenvalue weighted by atomic mass is 10.1. The van der Waals surface area contributed by atoms with Crippen LogP contribution in [0.2, 0.25) is 0 Å². The first-order valence-electron chi connectivity index (χ1n) is 13.7. The molecule has 0 fully saturated rings. The van der Waals surface area contributed by atoms with Gasteiger partial charge in [0.2, 0.25) is 23.6 Å². The molecule has 0 aliphatic carbocycles. The largest absolute Gasteiger partial charge is 0.356 e. The zero-order valence-corrected chi connectivity index (χ0v) is 23.6. The van der Waals surface area contributed by atoms with Crippen molar-refractivity contribution in [3.05, 3.63) is 0 Å². The van der Waals surface area contributed by atoms with Crippen LogP contribution in [0.15, 0.2) is 0 Å². The average molecular weight is 561 g/mol. The quantitative estimate of drug-likeness (QED) is 0.0838. The number of hydrogen-bond acceptors (Lipinski definition) is 9. The van der Waals surface area contributed by atoms with Crippen molar-refractivity contribution < 1.29 is 39.6 Å². The molecule has 0 aliphatic heterocycles. The molecule has 0 saturated carbocycles. The fourth-order valence-electron chi connectivity index (χ4n) is 3.74. The van der Waals surface area contributed by atoms with E-state index in [1.807, 2.05) is 0 Å². The van der Waals surface area contributed by atoms with Crippen LogP contribution in [0.5, 0.6) is 0 Å². The van der Waals surface area contributed by atoms with E-state index < -0.39 is 29.8 Å². The molecule has 226 valence electrons. The summed E-state index contributed by atoms with van der Waals surface area (Å²) in [6.07, 6.45) is 4.07. The molecule has 0 saturated heterocycles. The van der Waals surface area contributed by atoms with Crippen LogP contribution >= 0.6 is 0 Å². The first-order chi connectivity index (χ1) is 18.5. The second-order valence-electron chi connectivity index (χ2n) is 9.29. The topological polar surface area (TPSA) is 197 Å². The lowest BCUT2D eigenvalue weighted by Crippen LogP contribution is -2.51. The smallest absolute Gasteiger partial charge is 0.350 e. The minimum absolute atomic E-state index is 0.0401. The average Bonchev–Trinajstić information content (AvgIpc) is 2.92. The molecule has 0 bridgehead atoms. The van der Waals surface area contributed by atoms with Crippen LogP contribution in [0.1, 0.15) is 91.4 Å². The van der Waals surface area contributed by atoms with Gasteiger partial charge < -0.3 is 11.1 Å². The van der Waals surface area contributed by atoms with E-state index in [-0.39, 0.29) is 51.2 Å². The van der Waals surface area contributed by atoms with E-state index in [1.165, 1.54) is 6.92 Å². The molecule has 0 aromatic heterocycles. The summed E-state index contributed by atoms with van der Waals surface area (Å²) < 4.78 is 0. The molecule has 39 heavy (non-hydrogen) atoms. The van der Waals surface area contributed by atoms with E-state index in [2.05, 4.69) is 5.32 Å². The van der Waals surface area contributed by atoms with E-state index in [9.17, 15) is 39.6 Å². The van der Waals surface area contributed by atoms with Gasteiger partial charge in [0.15, 0.2) is 0 Å². The predicted molar refractivity (Wildman–Crippen MR) is 141 cm³/mol. The van der Waals surface area contributed by atoms with Gasteiger partial charge in [-0.2, -0.15) is 0 Å². The van der Waals surface area contributed by atoms with Gasteiger partial charge in [0.1, 0.15) is 0 Å². The van der Waals surface area contributed by atoms with E-state index >= 15 is 0 Å². The number of unbranched alkanes of at least 4 members (excludes halogenated alkanes) is 4. The van der Waals surface area contributed by atoms with Gasteiger partial charge in [-0.1, -0.05) is 20.3 Å². The van der Waals surface area contributed by atoms with Crippen LogP contribution in [0, 0.1) is 0 Å². The number of carbonyl (C=O) groups excluding carboxylic acids is 5. The minimum atomic E-state index is -0.846. The van der Waals surface area contributed by atoms with Crippen LogP contribution in [-0.2, 0) is 19.2 Å². The van der Waals surface area contributed by atoms with Crippen LogP contribution in [0.3, 0.4) is 0 Å². The number of hydroxylamine groups is 6. The number of carbonyl (C=O) groups is 5. The molecule has 0 aliphatic rings. The molecule has 6 N–H and O–H groups in total. The van der Waals surface area contributed by atoms with Crippen molar-refractivity contribution in [2.45, 2.75) is 97.4 Å². The standard InChI is InChI=1S/C25H48N6O8/c1-4-21(31(23(34)5-2)25(36)30(39)18-10-6-8-15-26)14-19-29(38)24(35)13-12-22(33)27-16-9-7-11-17-28(37)20(3)32/h21,37-39H,4-19,26H2,1-3H3,(H,27,33). The highest BCUT2D eigenvalue weighted by Gasteiger charge is 2.31. The van der Waals surface area contributed by atoms with Gasteiger partial charge in [-0.15, -0.1) is 0 Å². The molecule has 14 nitrogen and oxygen atoms in total. The second kappa shape index (κ2) is 21.1. The summed E-state index contributed by atoms with van der Waals surface area (Å²) in [4.78, 5) is 61.5. The highest BCUT2D eigenvalue weighted by atomic mass is 16.5. The molecule has 0 rings (SSSR count). The van der Waals surface area contributed by atoms with Gasteiger partial charge in [0.05, 0.1) is 13.1 Å². The summed E-state index contributed by atoms with van der Waals surface area (Å²) in [5, 5.41) is 34.0. The Hall–Kier alpha value is -2.81. The molecule has 0 aromatic rings. The molecule has 0 aromatic carbocycles. The molecule has 0 heterocycles. The third-order valence-electron chi connectivity index (χ3n) is 6.17. The van der Waals surface area contributed by atoms with Crippen LogP contribution in [0.25, 0.3) is 0 Å². The molecule has 0 spiro atoms. The maximum Gasteiger partial charge on any atom is 0.350 e. The van der Waals surface area contributed by atoms with Gasteiger partial charge in [-0.3, -0.25) is 39.7 Å². The summed E-state index contributed by atoms with van der Waals surface area (Å²) in [5.74, 6) is -1.93. The third-order valence-corrected chi connectivity index (χ3v) is 6.17. The number of imide groups is 1. The first kappa shape index (κ1) is 36.2. The van der Waals surface area contributed by atoms with Crippen LogP contribution in [-0.4, -0.2) is 104 Å². The third kappa shape index (κ3) is 15.4. The van der Waals surface area contributed by atoms with Crippen molar-refractivity contribution in [2.75, 3.05) is 32.7 Å². The molecular formula is C25H48N6O8. The maximum absolute atomic E-state index is 12.8. The monoisotopic (exact) mass is 560 g/mol. The predicted octanol–water partition coefficient (Wildman–Crippen LogP) is 1.86. The fraction of sp³-hybridized carbons (Fsp3) is 0.800. The number of amides is 6. The first-order valence-corrected chi connectivity index (χ1v) is 13.7. The lowest BCUT2D eigenvalue weighted by Gasteiger charge is -2.32. The van der Waals surface area contributed by atoms with Gasteiger partial charge in [-0.25, -0.2) is 20.0 Å². The van der Waals surface area contributed by atoms with Crippen molar-refractivity contribution >= 4 is 29.7 Å². The SMILES string of the molecule is CCC(=O)N(C(=O)N(O)CCCCCN)C(CC)CCN(O)C(=O)CCC(=O)NCCCCCN(O)C(C)=O. The molecule has 6 amide bonds. The van der Waals surface area contributed by atoms with E-state index in [0.29, 0.717) is 60.4 Å². The molecular weight excluding hydrogens is 512 g/mol. The summed E-state index contributed by atoms with van der Waals surface area (Å²) in [6, 6.07) is -1.50. The number of nitrogens with two attached hydrogens (primary N) is 1. The Morgan fingerprint density at radius 2 is 1.38 bits per heavy atom. The number of rotatable bonds is 20. The Morgan fingerprint density at radius 1 is 0.769 bits per heavy atom. The number of hydrogen-bond donors (Lipinski definition) is 5. The van der Waals surface area contributed by atoms with Crippen molar-refractivity contribution in [2.24, 2.45) is 5.73 Å². The Bertz CT molecular complexity index is 769. The number of nitrogens with zero attached hydrogens (tertiary/aromatic N) is 4. The van der Waals surface area contributed by atoms with Gasteiger partial charge in [-0.05, 0) is 51.5 Å². The normalized spacial score (nSPS) is 11.5. The summed E-state index contributed by atoms with van der Waals surface area (Å²) in [5.41, 5.74) is 5.45. The zero-order valence-electron chi connectivity index (χ0n) is 23.6. The van der Waals surface area contributed by atoms with Crippen LogP contribution < -0.4 is 11.1 Å². The maximum atomic E-state index is 12.8. The molecule has 14 heteroatoms. The van der Waals surface area contributed by atoms with Crippen molar-refractivity contribution in [1.82, 2.24) is 25.4 Å². The highest BCUT2D eigenvalue weighted by molar-refractivity contribution is 5.94. The Morgan fingerprint density at radius 3 is 1.95 bits per heavy atom. The minimum Gasteiger partial charge on any atom is -0.356 e. The van der Waals surface area contributed by atoms with Gasteiger partial charge in [0.25, 0.3) is 0 Å². The number of urea groups is 1. The molecule has 1 unspecified atom stereocenters. The van der Waals surface area contributed by atoms with Crippen molar-refractivity contribution in [1.29, 1.82) is 0 Å². The lowest BCUT2D eigenvalue weighted by molar-refractivity contribution is -0.166. The highest BCUT2D eigenvalue weighted by Crippen LogP contribution is 2.15. The van der Waals surface area contributed by atoms with E-state index in [0.717, 1.165) is 17.7 Å². The molecule has 0 radical (unpaired) electrons. The Kier molecular flexibility index (Phi) is 19.5. The zero-order chi connectivity index (χ0) is 29.8. The molecule has 1 atom stereocenters. The van der Waals surface area contributed by atoms with Crippen LogP contribution in [0.4, 0.5) is 4.79 Å². The number of nitrogens with one attached hydrogen (secondary N) is 1. The second-order valence-corrected chi connectivity index (χ2v) is 9.29. The van der Waals surface area contributed by atoms with Gasteiger partial charge >= 0.3 is 6.03 Å². The van der Waals surface area contributed by atoms with Gasteiger partial charge in [0, 0.05) is 45.3 Å². The fourth-order valence-corrected chi connectivity index (χ4v) is 3.74. The van der Waals surface area contributed by atoms with E-state index in [1.54, 1.807) is 13.8 Å². The summed E-state index contributed by atoms with van der Waals surface area (Å²) in [7, 11) is 0. The summed E-state index contributed by atoms with van der Waals surface area (Å²) >= 11 is 0. The van der Waals surface area contributed by atoms with Crippen molar-refractivity contribution in [3.63, 3.8) is 0 Å². The van der Waals surface area contributed by atoms with E-state index in [4.69, 9.17) is 5.73 Å².